The summed E-state index contributed by atoms with van der Waals surface area (Å²) in [7, 11) is 0. The molecule has 23 heavy (non-hydrogen) atoms. The number of likely N-dealkylation sites (tertiary alicyclic amines) is 1. The predicted molar refractivity (Wildman–Crippen MR) is 87.1 cm³/mol. The molecule has 2 saturated heterocycles. The average Bonchev–Trinajstić information content (AvgIpc) is 2.99. The van der Waals surface area contributed by atoms with Gasteiger partial charge in [-0.2, -0.15) is 0 Å². The highest BCUT2D eigenvalue weighted by Gasteiger charge is 2.60. The van der Waals surface area contributed by atoms with Gasteiger partial charge in [-0.05, 0) is 49.8 Å². The zero-order chi connectivity index (χ0) is 15.7. The number of nitrogens with zero attached hydrogens (tertiary/aromatic N) is 2. The molecule has 2 aliphatic heterocycles. The van der Waals surface area contributed by atoms with Gasteiger partial charge in [-0.3, -0.25) is 4.98 Å². The summed E-state index contributed by atoms with van der Waals surface area (Å²) in [5, 5.41) is 3.08. The molecule has 3 aliphatic rings. The largest absolute Gasteiger partial charge is 0.376 e. The molecule has 0 unspecified atom stereocenters. The van der Waals surface area contributed by atoms with Crippen LogP contribution in [0.5, 0.6) is 0 Å². The van der Waals surface area contributed by atoms with Gasteiger partial charge in [-0.15, -0.1) is 0 Å². The number of nitrogens with one attached hydrogen (secondary N) is 1. The highest BCUT2D eigenvalue weighted by atomic mass is 16.5. The van der Waals surface area contributed by atoms with Crippen LogP contribution in [-0.4, -0.2) is 47.8 Å². The van der Waals surface area contributed by atoms with Crippen molar-refractivity contribution in [3.8, 4) is 0 Å². The van der Waals surface area contributed by atoms with Crippen molar-refractivity contribution in [2.45, 2.75) is 50.7 Å². The smallest absolute Gasteiger partial charge is 0.317 e. The summed E-state index contributed by atoms with van der Waals surface area (Å²) in [6.07, 6.45) is 10.8. The number of amides is 2. The Labute approximate surface area is 137 Å². The van der Waals surface area contributed by atoms with Crippen LogP contribution in [0.3, 0.4) is 0 Å². The van der Waals surface area contributed by atoms with Gasteiger partial charge in [0, 0.05) is 37.5 Å². The monoisotopic (exact) mass is 315 g/mol. The third-order valence-electron chi connectivity index (χ3n) is 5.81. The molecule has 0 aromatic carbocycles. The summed E-state index contributed by atoms with van der Waals surface area (Å²) in [6, 6.07) is 4.37. The quantitative estimate of drug-likeness (QED) is 0.928. The van der Waals surface area contributed by atoms with Crippen molar-refractivity contribution in [3.63, 3.8) is 0 Å². The van der Waals surface area contributed by atoms with Gasteiger partial charge >= 0.3 is 6.03 Å². The first-order chi connectivity index (χ1) is 11.3. The van der Waals surface area contributed by atoms with Gasteiger partial charge in [0.25, 0.3) is 0 Å². The van der Waals surface area contributed by atoms with Gasteiger partial charge in [0.05, 0.1) is 12.1 Å². The molecule has 5 heteroatoms. The lowest BCUT2D eigenvalue weighted by Crippen LogP contribution is -2.73. The highest BCUT2D eigenvalue weighted by Crippen LogP contribution is 2.55. The number of pyridine rings is 1. The van der Waals surface area contributed by atoms with E-state index >= 15 is 0 Å². The van der Waals surface area contributed by atoms with Crippen LogP contribution in [0.15, 0.2) is 24.5 Å². The average molecular weight is 315 g/mol. The maximum Gasteiger partial charge on any atom is 0.317 e. The Balaban J connectivity index is 1.32. The lowest BCUT2D eigenvalue weighted by atomic mass is 9.56. The van der Waals surface area contributed by atoms with E-state index in [2.05, 4.69) is 10.3 Å². The molecule has 3 heterocycles. The highest BCUT2D eigenvalue weighted by molar-refractivity contribution is 5.76. The number of aromatic nitrogens is 1. The first-order valence-corrected chi connectivity index (χ1v) is 8.83. The Bertz CT molecular complexity index is 553. The Morgan fingerprint density at radius 3 is 2.83 bits per heavy atom. The minimum Gasteiger partial charge on any atom is -0.376 e. The van der Waals surface area contributed by atoms with Crippen molar-refractivity contribution >= 4 is 6.03 Å². The van der Waals surface area contributed by atoms with Crippen LogP contribution in [0.1, 0.15) is 37.7 Å². The van der Waals surface area contributed by atoms with Crippen LogP contribution < -0.4 is 5.32 Å². The Morgan fingerprint density at radius 2 is 2.17 bits per heavy atom. The van der Waals surface area contributed by atoms with Crippen molar-refractivity contribution in [1.29, 1.82) is 0 Å². The predicted octanol–water partition coefficient (Wildman–Crippen LogP) is 2.37. The summed E-state index contributed by atoms with van der Waals surface area (Å²) in [5.41, 5.74) is 1.58. The lowest BCUT2D eigenvalue weighted by Gasteiger charge is -2.63. The topological polar surface area (TPSA) is 54.5 Å². The molecule has 1 aliphatic carbocycles. The van der Waals surface area contributed by atoms with E-state index in [0.29, 0.717) is 18.0 Å². The molecule has 4 rings (SSSR count). The van der Waals surface area contributed by atoms with E-state index in [1.54, 1.807) is 12.4 Å². The molecular weight excluding hydrogens is 290 g/mol. The van der Waals surface area contributed by atoms with E-state index in [-0.39, 0.29) is 12.1 Å². The van der Waals surface area contributed by atoms with Gasteiger partial charge in [0.2, 0.25) is 0 Å². The summed E-state index contributed by atoms with van der Waals surface area (Å²) in [4.78, 5) is 18.6. The van der Waals surface area contributed by atoms with Crippen LogP contribution in [-0.2, 0) is 11.2 Å². The number of urea groups is 1. The zero-order valence-electron chi connectivity index (χ0n) is 13.5. The Morgan fingerprint density at radius 1 is 1.35 bits per heavy atom. The molecule has 1 aromatic rings. The van der Waals surface area contributed by atoms with Crippen LogP contribution >= 0.6 is 0 Å². The van der Waals surface area contributed by atoms with E-state index in [0.717, 1.165) is 32.4 Å². The summed E-state index contributed by atoms with van der Waals surface area (Å²) in [5.74, 6) is 0. The first-order valence-electron chi connectivity index (χ1n) is 8.83. The van der Waals surface area contributed by atoms with Gasteiger partial charge in [0.15, 0.2) is 0 Å². The Hall–Kier alpha value is -1.62. The standard InChI is InChI=1S/C18H25N3O2/c22-17(20-11-6-14-4-9-19-10-5-14)21-13-18(7-2-8-18)16(21)15-3-1-12-23-15/h4-5,9-10,15-16H,1-3,6-8,11-13H2,(H,20,22)/t15-,16+/m0/s1. The fourth-order valence-corrected chi connectivity index (χ4v) is 4.44. The summed E-state index contributed by atoms with van der Waals surface area (Å²) < 4.78 is 5.91. The lowest BCUT2D eigenvalue weighted by molar-refractivity contribution is -0.147. The normalized spacial score (nSPS) is 28.3. The molecule has 5 nitrogen and oxygen atoms in total. The van der Waals surface area contributed by atoms with Gasteiger partial charge in [-0.25, -0.2) is 4.79 Å². The third-order valence-corrected chi connectivity index (χ3v) is 5.81. The number of rotatable bonds is 4. The minimum absolute atomic E-state index is 0.0806. The van der Waals surface area contributed by atoms with Crippen molar-refractivity contribution in [2.75, 3.05) is 19.7 Å². The molecule has 1 aromatic heterocycles. The van der Waals surface area contributed by atoms with Crippen LogP contribution in [0.4, 0.5) is 4.79 Å². The second-order valence-corrected chi connectivity index (χ2v) is 7.18. The van der Waals surface area contributed by atoms with Crippen molar-refractivity contribution in [2.24, 2.45) is 5.41 Å². The molecule has 1 saturated carbocycles. The van der Waals surface area contributed by atoms with E-state index in [1.165, 1.54) is 24.8 Å². The molecular formula is C18H25N3O2. The SMILES string of the molecule is O=C(NCCc1ccncc1)N1CC2(CCC2)[C@H]1[C@@H]1CCCO1. The van der Waals surface area contributed by atoms with Gasteiger partial charge in [-0.1, -0.05) is 6.42 Å². The summed E-state index contributed by atoms with van der Waals surface area (Å²) >= 11 is 0. The van der Waals surface area contributed by atoms with E-state index < -0.39 is 0 Å². The molecule has 0 radical (unpaired) electrons. The fraction of sp³-hybridized carbons (Fsp3) is 0.667. The van der Waals surface area contributed by atoms with Crippen molar-refractivity contribution < 1.29 is 9.53 Å². The van der Waals surface area contributed by atoms with Crippen LogP contribution in [0.2, 0.25) is 0 Å². The second kappa shape index (κ2) is 6.11. The third kappa shape index (κ3) is 2.71. The first kappa shape index (κ1) is 14.9. The fourth-order valence-electron chi connectivity index (χ4n) is 4.44. The maximum atomic E-state index is 12.6. The van der Waals surface area contributed by atoms with E-state index in [1.807, 2.05) is 17.0 Å². The zero-order valence-corrected chi connectivity index (χ0v) is 13.5. The number of ether oxygens (including phenoxy) is 1. The van der Waals surface area contributed by atoms with Gasteiger partial charge < -0.3 is 15.0 Å². The second-order valence-electron chi connectivity index (χ2n) is 7.18. The number of carbonyl (C=O) groups is 1. The van der Waals surface area contributed by atoms with Crippen LogP contribution in [0.25, 0.3) is 0 Å². The molecule has 0 bridgehead atoms. The Kier molecular flexibility index (Phi) is 3.97. The minimum atomic E-state index is 0.0806. The van der Waals surface area contributed by atoms with E-state index in [9.17, 15) is 4.79 Å². The van der Waals surface area contributed by atoms with Crippen molar-refractivity contribution in [3.05, 3.63) is 30.1 Å². The molecule has 3 fully saturated rings. The molecule has 2 amide bonds. The van der Waals surface area contributed by atoms with Crippen molar-refractivity contribution in [1.82, 2.24) is 15.2 Å². The maximum absolute atomic E-state index is 12.6. The summed E-state index contributed by atoms with van der Waals surface area (Å²) in [6.45, 7) is 2.44. The number of carbonyl (C=O) groups excluding carboxylic acids is 1. The molecule has 1 spiro atoms. The van der Waals surface area contributed by atoms with E-state index in [4.69, 9.17) is 4.74 Å². The number of hydrogen-bond acceptors (Lipinski definition) is 3. The number of hydrogen-bond donors (Lipinski definition) is 1. The van der Waals surface area contributed by atoms with Gasteiger partial charge in [0.1, 0.15) is 0 Å². The molecule has 2 atom stereocenters. The molecule has 124 valence electrons. The van der Waals surface area contributed by atoms with Crippen LogP contribution in [0, 0.1) is 5.41 Å². The molecule has 1 N–H and O–H groups in total.